The molecule has 0 N–H and O–H groups in total. The lowest BCUT2D eigenvalue weighted by Gasteiger charge is -2.40. The molecule has 2 aliphatic rings. The third kappa shape index (κ3) is 7.20. The van der Waals surface area contributed by atoms with Gasteiger partial charge in [-0.15, -0.1) is 0 Å². The van der Waals surface area contributed by atoms with Crippen molar-refractivity contribution >= 4 is 0 Å². The highest BCUT2D eigenvalue weighted by Gasteiger charge is 2.53. The van der Waals surface area contributed by atoms with E-state index in [9.17, 15) is 0 Å². The maximum absolute atomic E-state index is 5.53. The minimum absolute atomic E-state index is 0.0563. The van der Waals surface area contributed by atoms with Gasteiger partial charge < -0.3 is 0 Å². The number of hydrogen-bond donors (Lipinski definition) is 0. The fourth-order valence-corrected chi connectivity index (χ4v) is 10.4. The monoisotopic (exact) mass is 840 g/mol. The van der Waals surface area contributed by atoms with Crippen LogP contribution in [0.15, 0.2) is 194 Å². The lowest BCUT2D eigenvalue weighted by Crippen LogP contribution is -2.57. The smallest absolute Gasteiger partial charge is 0.216 e. The van der Waals surface area contributed by atoms with Crippen molar-refractivity contribution in [3.8, 4) is 89.8 Å². The Balaban J connectivity index is 0.967. The summed E-state index contributed by atoms with van der Waals surface area (Å²) in [7, 11) is 0. The van der Waals surface area contributed by atoms with Gasteiger partial charge in [-0.05, 0) is 152 Å². The van der Waals surface area contributed by atoms with Crippen LogP contribution in [0.4, 0.5) is 0 Å². The van der Waals surface area contributed by atoms with Crippen molar-refractivity contribution in [1.82, 2.24) is 9.97 Å². The second-order valence-corrected chi connectivity index (χ2v) is 20.0. The summed E-state index contributed by atoms with van der Waals surface area (Å²) in [4.78, 5) is 11.0. The predicted octanol–water partition coefficient (Wildman–Crippen LogP) is 15.5. The molecule has 0 radical (unpaired) electrons. The molecule has 1 aliphatic carbocycles. The van der Waals surface area contributed by atoms with Gasteiger partial charge in [-0.2, -0.15) is 0 Å². The first-order chi connectivity index (χ1) is 31.4. The van der Waals surface area contributed by atoms with E-state index >= 15 is 0 Å². The quantitative estimate of drug-likeness (QED) is 0.150. The van der Waals surface area contributed by atoms with Crippen molar-refractivity contribution in [3.05, 3.63) is 211 Å². The van der Waals surface area contributed by atoms with Crippen molar-refractivity contribution in [2.75, 3.05) is 0 Å². The van der Waals surface area contributed by atoms with Crippen molar-refractivity contribution in [2.24, 2.45) is 0 Å². The van der Waals surface area contributed by atoms with Gasteiger partial charge in [-0.25, -0.2) is 4.57 Å². The van der Waals surface area contributed by atoms with E-state index in [2.05, 4.69) is 240 Å². The van der Waals surface area contributed by atoms with Crippen molar-refractivity contribution in [2.45, 2.75) is 70.8 Å². The fraction of sp³-hybridized carbons (Fsp3) is 0.177. The predicted molar refractivity (Wildman–Crippen MR) is 269 cm³/mol. The molecule has 0 saturated heterocycles. The molecule has 0 fully saturated rings. The molecule has 1 atom stereocenters. The minimum atomic E-state index is -0.270. The second-order valence-electron chi connectivity index (χ2n) is 20.0. The third-order valence-corrected chi connectivity index (χ3v) is 14.2. The zero-order chi connectivity index (χ0) is 44.5. The van der Waals surface area contributed by atoms with Gasteiger partial charge >= 0.3 is 5.82 Å². The average molecular weight is 841 g/mol. The van der Waals surface area contributed by atoms with Crippen LogP contribution >= 0.6 is 0 Å². The van der Waals surface area contributed by atoms with Gasteiger partial charge in [-0.3, -0.25) is 0 Å². The first-order valence-corrected chi connectivity index (χ1v) is 23.1. The number of aromatic nitrogens is 3. The van der Waals surface area contributed by atoms with E-state index in [0.29, 0.717) is 0 Å². The molecule has 1 unspecified atom stereocenters. The lowest BCUT2D eigenvalue weighted by atomic mass is 9.66. The summed E-state index contributed by atoms with van der Waals surface area (Å²) in [5.74, 6) is 2.71. The standard InChI is InChI=1S/C62H54N3/c1-60(2,3)53-32-30-42(31-33-53)57-63-58(65-59(64-57)54-28-15-29-55-56(54)62(65,6)35-34-61(55,4)5)52-27-14-26-51(40-52)50-25-13-24-49(39-50)48-23-12-22-47(38-48)46-21-11-20-45(37-46)44-19-10-18-43(36-44)41-16-8-7-9-17-41/h7-33,36-40H,34-35H2,1-6H3/q+1. The summed E-state index contributed by atoms with van der Waals surface area (Å²) in [5.41, 5.74) is 19.3. The molecule has 316 valence electrons. The average Bonchev–Trinajstić information content (AvgIpc) is 3.61. The Morgan fingerprint density at radius 3 is 1.31 bits per heavy atom. The van der Waals surface area contributed by atoms with Crippen molar-refractivity contribution < 1.29 is 4.57 Å². The summed E-state index contributed by atoms with van der Waals surface area (Å²) < 4.78 is 2.47. The van der Waals surface area contributed by atoms with Crippen LogP contribution in [0, 0.1) is 0 Å². The van der Waals surface area contributed by atoms with Crippen LogP contribution in [-0.2, 0) is 16.4 Å². The number of fused-ring (bicyclic) bond motifs is 3. The Kier molecular flexibility index (Phi) is 9.66. The van der Waals surface area contributed by atoms with Gasteiger partial charge in [0, 0.05) is 5.56 Å². The molecule has 9 aromatic rings. The summed E-state index contributed by atoms with van der Waals surface area (Å²) in [5, 5.41) is 0. The van der Waals surface area contributed by atoms with Crippen molar-refractivity contribution in [1.29, 1.82) is 0 Å². The Bertz CT molecular complexity index is 3280. The van der Waals surface area contributed by atoms with Gasteiger partial charge in [0.2, 0.25) is 0 Å². The fourth-order valence-electron chi connectivity index (χ4n) is 10.4. The molecule has 3 heteroatoms. The van der Waals surface area contributed by atoms with Crippen molar-refractivity contribution in [3.63, 3.8) is 0 Å². The molecule has 2 heterocycles. The van der Waals surface area contributed by atoms with E-state index in [4.69, 9.17) is 9.97 Å². The highest BCUT2D eigenvalue weighted by Crippen LogP contribution is 2.52. The summed E-state index contributed by atoms with van der Waals surface area (Å²) in [6, 6.07) is 70.9. The van der Waals surface area contributed by atoms with Crippen LogP contribution in [0.1, 0.15) is 71.1 Å². The topological polar surface area (TPSA) is 29.7 Å². The highest BCUT2D eigenvalue weighted by atomic mass is 15.2. The van der Waals surface area contributed by atoms with Crippen LogP contribution < -0.4 is 4.57 Å². The first-order valence-electron chi connectivity index (χ1n) is 23.1. The third-order valence-electron chi connectivity index (χ3n) is 14.2. The number of benzene rings is 8. The largest absolute Gasteiger partial charge is 0.308 e. The van der Waals surface area contributed by atoms with E-state index in [1.165, 1.54) is 72.3 Å². The molecule has 0 amide bonds. The van der Waals surface area contributed by atoms with Gasteiger partial charge in [0.1, 0.15) is 5.54 Å². The van der Waals surface area contributed by atoms with Crippen LogP contribution in [0.3, 0.4) is 0 Å². The van der Waals surface area contributed by atoms with E-state index in [-0.39, 0.29) is 16.4 Å². The van der Waals surface area contributed by atoms with Gasteiger partial charge in [0.15, 0.2) is 0 Å². The molecule has 0 saturated carbocycles. The summed E-state index contributed by atoms with van der Waals surface area (Å²) in [6.45, 7) is 14.0. The maximum Gasteiger partial charge on any atom is 0.308 e. The molecular formula is C62H54N3+. The van der Waals surface area contributed by atoms with E-state index in [1.54, 1.807) is 0 Å². The van der Waals surface area contributed by atoms with Gasteiger partial charge in [0.05, 0.1) is 16.7 Å². The molecule has 3 nitrogen and oxygen atoms in total. The molecule has 0 bridgehead atoms. The molecule has 8 aromatic carbocycles. The number of hydrogen-bond acceptors (Lipinski definition) is 2. The molecular weight excluding hydrogens is 787 g/mol. The number of rotatable bonds is 7. The zero-order valence-electron chi connectivity index (χ0n) is 38.2. The Hall–Kier alpha value is -7.23. The molecule has 11 rings (SSSR count). The lowest BCUT2D eigenvalue weighted by molar-refractivity contribution is -0.731. The molecule has 1 aromatic heterocycles. The van der Waals surface area contributed by atoms with Gasteiger partial charge in [0.25, 0.3) is 11.6 Å². The van der Waals surface area contributed by atoms with Gasteiger partial charge in [-0.1, -0.05) is 184 Å². The normalized spacial score (nSPS) is 15.9. The molecule has 1 aliphatic heterocycles. The maximum atomic E-state index is 5.53. The van der Waals surface area contributed by atoms with E-state index in [1.807, 2.05) is 0 Å². The van der Waals surface area contributed by atoms with Crippen LogP contribution in [0.5, 0.6) is 0 Å². The Morgan fingerprint density at radius 1 is 0.400 bits per heavy atom. The molecule has 0 spiro atoms. The Labute approximate surface area is 384 Å². The van der Waals surface area contributed by atoms with E-state index < -0.39 is 0 Å². The number of nitrogens with zero attached hydrogens (tertiary/aromatic N) is 3. The molecule has 65 heavy (non-hydrogen) atoms. The summed E-state index contributed by atoms with van der Waals surface area (Å²) in [6.07, 6.45) is 2.11. The van der Waals surface area contributed by atoms with E-state index in [0.717, 1.165) is 47.0 Å². The van der Waals surface area contributed by atoms with Crippen LogP contribution in [-0.4, -0.2) is 9.97 Å². The first kappa shape index (κ1) is 40.5. The Morgan fingerprint density at radius 2 is 0.815 bits per heavy atom. The van der Waals surface area contributed by atoms with Crippen LogP contribution in [0.2, 0.25) is 0 Å². The van der Waals surface area contributed by atoms with Crippen LogP contribution in [0.25, 0.3) is 89.8 Å². The highest BCUT2D eigenvalue weighted by molar-refractivity contribution is 5.81. The zero-order valence-corrected chi connectivity index (χ0v) is 38.2. The summed E-state index contributed by atoms with van der Waals surface area (Å²) >= 11 is 0. The second kappa shape index (κ2) is 15.5. The SMILES string of the molecule is CC(C)(C)c1ccc(-c2nc(-c3cccc(-c4cccc(-c5cccc(-c6cccc(-c7cccc(-c8ccccc8)c7)c6)c5)c4)c3)[n+]3c(n2)-c2cccc4c2C3(C)CCC4(C)C)cc1. The minimum Gasteiger partial charge on any atom is -0.216 e.